The molecule has 2 amide bonds. The van der Waals surface area contributed by atoms with E-state index in [0.717, 1.165) is 31.9 Å². The summed E-state index contributed by atoms with van der Waals surface area (Å²) < 4.78 is 0. The lowest BCUT2D eigenvalue weighted by Gasteiger charge is -2.37. The molecule has 6 nitrogen and oxygen atoms in total. The second-order valence-corrected chi connectivity index (χ2v) is 6.81. The molecule has 132 valence electrons. The van der Waals surface area contributed by atoms with Gasteiger partial charge in [-0.3, -0.25) is 0 Å². The number of aromatic hydroxyl groups is 1. The molecule has 2 saturated heterocycles. The summed E-state index contributed by atoms with van der Waals surface area (Å²) in [7, 11) is 2.14. The quantitative estimate of drug-likeness (QED) is 0.885. The first-order valence-electron chi connectivity index (χ1n) is 8.90. The van der Waals surface area contributed by atoms with Gasteiger partial charge in [0.1, 0.15) is 5.75 Å². The van der Waals surface area contributed by atoms with E-state index in [1.54, 1.807) is 12.1 Å². The molecule has 0 saturated carbocycles. The number of phenols is 1. The Hall–Kier alpha value is -1.95. The van der Waals surface area contributed by atoms with Crippen LogP contribution in [0.5, 0.6) is 5.75 Å². The first-order chi connectivity index (χ1) is 11.6. The van der Waals surface area contributed by atoms with Crippen molar-refractivity contribution in [1.82, 2.24) is 15.1 Å². The second kappa shape index (κ2) is 7.75. The van der Waals surface area contributed by atoms with E-state index in [1.165, 1.54) is 19.3 Å². The van der Waals surface area contributed by atoms with E-state index in [4.69, 9.17) is 0 Å². The first-order valence-corrected chi connectivity index (χ1v) is 8.90. The van der Waals surface area contributed by atoms with Crippen LogP contribution in [0, 0.1) is 0 Å². The Morgan fingerprint density at radius 2 is 2.00 bits per heavy atom. The molecule has 6 heteroatoms. The standard InChI is InChI=1S/C18H28N4O2/c1-20-8-3-2-5-16(20)14-19-18(24)22-11-9-21(10-12-22)15-6-4-7-17(23)13-15/h4,6-7,13,16,23H,2-3,5,8-12,14H2,1H3,(H,19,24)/t16-/m1/s1. The number of anilines is 1. The number of rotatable bonds is 3. The number of phenolic OH excluding ortho intramolecular Hbond substituents is 1. The van der Waals surface area contributed by atoms with Crippen LogP contribution in [0.2, 0.25) is 0 Å². The lowest BCUT2D eigenvalue weighted by Crippen LogP contribution is -2.54. The Bertz CT molecular complexity index is 558. The predicted molar refractivity (Wildman–Crippen MR) is 95.6 cm³/mol. The fourth-order valence-electron chi connectivity index (χ4n) is 3.58. The van der Waals surface area contributed by atoms with Crippen LogP contribution in [0.3, 0.4) is 0 Å². The fourth-order valence-corrected chi connectivity index (χ4v) is 3.58. The van der Waals surface area contributed by atoms with E-state index in [1.807, 2.05) is 17.0 Å². The molecule has 1 atom stereocenters. The maximum atomic E-state index is 12.4. The van der Waals surface area contributed by atoms with Gasteiger partial charge in [-0.05, 0) is 38.6 Å². The highest BCUT2D eigenvalue weighted by Gasteiger charge is 2.23. The number of hydrogen-bond acceptors (Lipinski definition) is 4. The molecule has 0 spiro atoms. The molecule has 0 radical (unpaired) electrons. The molecule has 2 N–H and O–H groups in total. The van der Waals surface area contributed by atoms with Crippen molar-refractivity contribution >= 4 is 11.7 Å². The predicted octanol–water partition coefficient (Wildman–Crippen LogP) is 1.71. The fraction of sp³-hybridized carbons (Fsp3) is 0.611. The van der Waals surface area contributed by atoms with Crippen LogP contribution in [-0.2, 0) is 0 Å². The number of piperidine rings is 1. The number of hydrogen-bond donors (Lipinski definition) is 2. The van der Waals surface area contributed by atoms with Crippen molar-refractivity contribution in [3.05, 3.63) is 24.3 Å². The summed E-state index contributed by atoms with van der Waals surface area (Å²) >= 11 is 0. The van der Waals surface area contributed by atoms with Crippen LogP contribution in [0.4, 0.5) is 10.5 Å². The van der Waals surface area contributed by atoms with Gasteiger partial charge >= 0.3 is 6.03 Å². The third kappa shape index (κ3) is 4.12. The van der Waals surface area contributed by atoms with E-state index in [2.05, 4.69) is 22.2 Å². The average Bonchev–Trinajstić information content (AvgIpc) is 2.61. The third-order valence-electron chi connectivity index (χ3n) is 5.17. The number of nitrogens with one attached hydrogen (secondary N) is 1. The van der Waals surface area contributed by atoms with Gasteiger partial charge in [0.2, 0.25) is 0 Å². The van der Waals surface area contributed by atoms with Gasteiger partial charge in [-0.1, -0.05) is 12.5 Å². The lowest BCUT2D eigenvalue weighted by atomic mass is 10.0. The SMILES string of the molecule is CN1CCCC[C@@H]1CNC(=O)N1CCN(c2cccc(O)c2)CC1. The summed E-state index contributed by atoms with van der Waals surface area (Å²) in [5.41, 5.74) is 1.01. The Labute approximate surface area is 144 Å². The van der Waals surface area contributed by atoms with Crippen LogP contribution in [0.25, 0.3) is 0 Å². The Morgan fingerprint density at radius 3 is 2.71 bits per heavy atom. The molecular weight excluding hydrogens is 304 g/mol. The van der Waals surface area contributed by atoms with Crippen molar-refractivity contribution in [3.8, 4) is 5.75 Å². The molecule has 3 rings (SSSR count). The summed E-state index contributed by atoms with van der Waals surface area (Å²) in [5.74, 6) is 0.282. The zero-order chi connectivity index (χ0) is 16.9. The normalized spacial score (nSPS) is 22.5. The molecule has 2 fully saturated rings. The molecule has 1 aromatic carbocycles. The van der Waals surface area contributed by atoms with Gasteiger partial charge in [-0.2, -0.15) is 0 Å². The van der Waals surface area contributed by atoms with Crippen molar-refractivity contribution < 1.29 is 9.90 Å². The molecule has 2 aliphatic heterocycles. The summed E-state index contributed by atoms with van der Waals surface area (Å²) in [5, 5.41) is 12.7. The van der Waals surface area contributed by atoms with Crippen molar-refractivity contribution in [3.63, 3.8) is 0 Å². The number of nitrogens with zero attached hydrogens (tertiary/aromatic N) is 3. The minimum Gasteiger partial charge on any atom is -0.508 e. The number of amides is 2. The molecular formula is C18H28N4O2. The lowest BCUT2D eigenvalue weighted by molar-refractivity contribution is 0.167. The van der Waals surface area contributed by atoms with Gasteiger partial charge in [-0.15, -0.1) is 0 Å². The van der Waals surface area contributed by atoms with E-state index in [-0.39, 0.29) is 11.8 Å². The molecule has 0 aliphatic carbocycles. The Kier molecular flexibility index (Phi) is 5.45. The van der Waals surface area contributed by atoms with Gasteiger partial charge < -0.3 is 25.1 Å². The molecule has 2 aliphatic rings. The molecule has 2 heterocycles. The van der Waals surface area contributed by atoms with Crippen molar-refractivity contribution in [2.75, 3.05) is 51.2 Å². The second-order valence-electron chi connectivity index (χ2n) is 6.81. The maximum absolute atomic E-state index is 12.4. The molecule has 0 bridgehead atoms. The molecule has 1 aromatic rings. The zero-order valence-electron chi connectivity index (χ0n) is 14.4. The van der Waals surface area contributed by atoms with E-state index >= 15 is 0 Å². The van der Waals surface area contributed by atoms with Crippen LogP contribution < -0.4 is 10.2 Å². The monoisotopic (exact) mass is 332 g/mol. The van der Waals surface area contributed by atoms with Crippen LogP contribution in [0.1, 0.15) is 19.3 Å². The third-order valence-corrected chi connectivity index (χ3v) is 5.17. The minimum absolute atomic E-state index is 0.0459. The average molecular weight is 332 g/mol. The van der Waals surface area contributed by atoms with Crippen molar-refractivity contribution in [1.29, 1.82) is 0 Å². The summed E-state index contributed by atoms with van der Waals surface area (Å²) in [4.78, 5) is 18.8. The van der Waals surface area contributed by atoms with Gasteiger partial charge in [0.15, 0.2) is 0 Å². The Morgan fingerprint density at radius 1 is 1.21 bits per heavy atom. The van der Waals surface area contributed by atoms with Crippen LogP contribution in [-0.4, -0.2) is 73.3 Å². The molecule has 0 unspecified atom stereocenters. The van der Waals surface area contributed by atoms with E-state index in [9.17, 15) is 9.90 Å². The largest absolute Gasteiger partial charge is 0.508 e. The number of likely N-dealkylation sites (N-methyl/N-ethyl adjacent to an activating group) is 1. The highest BCUT2D eigenvalue weighted by molar-refractivity contribution is 5.74. The van der Waals surface area contributed by atoms with Crippen molar-refractivity contribution in [2.45, 2.75) is 25.3 Å². The summed E-state index contributed by atoms with van der Waals surface area (Å²) in [6, 6.07) is 7.81. The first kappa shape index (κ1) is 16.9. The molecule has 24 heavy (non-hydrogen) atoms. The topological polar surface area (TPSA) is 59.1 Å². The van der Waals surface area contributed by atoms with Crippen molar-refractivity contribution in [2.24, 2.45) is 0 Å². The van der Waals surface area contributed by atoms with Gasteiger partial charge in [0.05, 0.1) is 0 Å². The summed E-state index contributed by atoms with van der Waals surface area (Å²) in [6.07, 6.45) is 3.69. The zero-order valence-corrected chi connectivity index (χ0v) is 14.4. The highest BCUT2D eigenvalue weighted by atomic mass is 16.3. The van der Waals surface area contributed by atoms with Gasteiger partial charge in [0, 0.05) is 50.5 Å². The van der Waals surface area contributed by atoms with Crippen LogP contribution >= 0.6 is 0 Å². The number of urea groups is 1. The number of piperazine rings is 1. The van der Waals surface area contributed by atoms with E-state index in [0.29, 0.717) is 19.1 Å². The number of carbonyl (C=O) groups is 1. The number of benzene rings is 1. The molecule has 0 aromatic heterocycles. The van der Waals surface area contributed by atoms with E-state index < -0.39 is 0 Å². The minimum atomic E-state index is 0.0459. The number of carbonyl (C=O) groups excluding carboxylic acids is 1. The van der Waals surface area contributed by atoms with Gasteiger partial charge in [0.25, 0.3) is 0 Å². The summed E-state index contributed by atoms with van der Waals surface area (Å²) in [6.45, 7) is 4.87. The number of likely N-dealkylation sites (tertiary alicyclic amines) is 1. The highest BCUT2D eigenvalue weighted by Crippen LogP contribution is 2.21. The smallest absolute Gasteiger partial charge is 0.317 e. The maximum Gasteiger partial charge on any atom is 0.317 e. The Balaban J connectivity index is 1.45. The van der Waals surface area contributed by atoms with Crippen LogP contribution in [0.15, 0.2) is 24.3 Å². The van der Waals surface area contributed by atoms with Gasteiger partial charge in [-0.25, -0.2) is 4.79 Å².